The Balaban J connectivity index is 1.66. The molecule has 3 rings (SSSR count). The highest BCUT2D eigenvalue weighted by Gasteiger charge is 2.36. The minimum Gasteiger partial charge on any atom is -0.454 e. The highest BCUT2D eigenvalue weighted by Crippen LogP contribution is 2.38. The molecule has 1 fully saturated rings. The third-order valence-electron chi connectivity index (χ3n) is 4.25. The summed E-state index contributed by atoms with van der Waals surface area (Å²) in [6.07, 6.45) is 1.10. The lowest BCUT2D eigenvalue weighted by Gasteiger charge is -2.39. The van der Waals surface area contributed by atoms with E-state index >= 15 is 0 Å². The molecule has 1 aromatic carbocycles. The smallest absolute Gasteiger partial charge is 0.410 e. The summed E-state index contributed by atoms with van der Waals surface area (Å²) in [5, 5.41) is 0. The molecule has 23 heavy (non-hydrogen) atoms. The number of benzene rings is 1. The monoisotopic (exact) mass is 320 g/mol. The number of carbonyl (C=O) groups excluding carboxylic acids is 1. The van der Waals surface area contributed by atoms with E-state index < -0.39 is 11.1 Å². The van der Waals surface area contributed by atoms with Crippen LogP contribution in [-0.2, 0) is 10.3 Å². The molecule has 1 amide bonds. The van der Waals surface area contributed by atoms with Crippen LogP contribution in [0.15, 0.2) is 18.2 Å². The molecule has 0 unspecified atom stereocenters. The SMILES string of the molecule is CC(C)(C)OC(=O)N1CCC(N)(c2ccc3c(c2)OCO3)CC1. The van der Waals surface area contributed by atoms with Crippen LogP contribution >= 0.6 is 0 Å². The lowest BCUT2D eigenvalue weighted by Crippen LogP contribution is -2.50. The van der Waals surface area contributed by atoms with E-state index in [1.54, 1.807) is 4.90 Å². The largest absolute Gasteiger partial charge is 0.454 e. The maximum absolute atomic E-state index is 12.1. The van der Waals surface area contributed by atoms with Crippen molar-refractivity contribution in [1.29, 1.82) is 0 Å². The van der Waals surface area contributed by atoms with Crippen LogP contribution in [0.5, 0.6) is 11.5 Å². The molecule has 2 aliphatic rings. The fourth-order valence-electron chi connectivity index (χ4n) is 2.91. The van der Waals surface area contributed by atoms with Gasteiger partial charge in [-0.15, -0.1) is 0 Å². The van der Waals surface area contributed by atoms with Gasteiger partial charge in [0.05, 0.1) is 0 Å². The number of nitrogens with zero attached hydrogens (tertiary/aromatic N) is 1. The molecule has 0 spiro atoms. The fraction of sp³-hybridized carbons (Fsp3) is 0.588. The van der Waals surface area contributed by atoms with Crippen molar-refractivity contribution in [2.24, 2.45) is 5.73 Å². The lowest BCUT2D eigenvalue weighted by molar-refractivity contribution is 0.0166. The number of likely N-dealkylation sites (tertiary alicyclic amines) is 1. The highest BCUT2D eigenvalue weighted by molar-refractivity contribution is 5.68. The van der Waals surface area contributed by atoms with Gasteiger partial charge in [0.15, 0.2) is 11.5 Å². The molecular formula is C17H24N2O4. The zero-order chi connectivity index (χ0) is 16.7. The van der Waals surface area contributed by atoms with Crippen molar-refractivity contribution < 1.29 is 19.0 Å². The first-order valence-corrected chi connectivity index (χ1v) is 7.94. The summed E-state index contributed by atoms with van der Waals surface area (Å²) in [4.78, 5) is 13.9. The van der Waals surface area contributed by atoms with Gasteiger partial charge in [-0.25, -0.2) is 4.79 Å². The van der Waals surface area contributed by atoms with Crippen LogP contribution in [0.4, 0.5) is 4.79 Å². The first-order valence-electron chi connectivity index (χ1n) is 7.94. The second-order valence-corrected chi connectivity index (χ2v) is 7.19. The molecule has 0 bridgehead atoms. The predicted molar refractivity (Wildman–Crippen MR) is 85.5 cm³/mol. The Morgan fingerprint density at radius 3 is 2.52 bits per heavy atom. The number of hydrogen-bond donors (Lipinski definition) is 1. The van der Waals surface area contributed by atoms with E-state index in [0.29, 0.717) is 25.9 Å². The van der Waals surface area contributed by atoms with Crippen molar-refractivity contribution in [2.75, 3.05) is 19.9 Å². The van der Waals surface area contributed by atoms with Crippen LogP contribution in [0.3, 0.4) is 0 Å². The number of hydrogen-bond acceptors (Lipinski definition) is 5. The van der Waals surface area contributed by atoms with Gasteiger partial charge < -0.3 is 24.8 Å². The third kappa shape index (κ3) is 3.37. The molecule has 126 valence electrons. The number of nitrogens with two attached hydrogens (primary N) is 1. The maximum atomic E-state index is 12.1. The van der Waals surface area contributed by atoms with E-state index in [1.807, 2.05) is 39.0 Å². The molecule has 0 aromatic heterocycles. The average Bonchev–Trinajstić information content (AvgIpc) is 2.93. The number of piperidine rings is 1. The topological polar surface area (TPSA) is 74.0 Å². The molecule has 1 saturated heterocycles. The van der Waals surface area contributed by atoms with Gasteiger partial charge in [0.2, 0.25) is 6.79 Å². The van der Waals surface area contributed by atoms with Crippen LogP contribution < -0.4 is 15.2 Å². The number of amides is 1. The summed E-state index contributed by atoms with van der Waals surface area (Å²) in [5.41, 5.74) is 6.67. The molecule has 6 nitrogen and oxygen atoms in total. The van der Waals surface area contributed by atoms with Gasteiger partial charge in [-0.05, 0) is 51.3 Å². The second-order valence-electron chi connectivity index (χ2n) is 7.19. The van der Waals surface area contributed by atoms with Crippen LogP contribution in [0.25, 0.3) is 0 Å². The Labute approximate surface area is 136 Å². The summed E-state index contributed by atoms with van der Waals surface area (Å²) in [5.74, 6) is 1.49. The van der Waals surface area contributed by atoms with Gasteiger partial charge in [0.1, 0.15) is 5.60 Å². The van der Waals surface area contributed by atoms with Gasteiger partial charge in [-0.2, -0.15) is 0 Å². The normalized spacial score (nSPS) is 19.6. The number of rotatable bonds is 1. The summed E-state index contributed by atoms with van der Waals surface area (Å²) in [6, 6.07) is 5.83. The zero-order valence-corrected chi connectivity index (χ0v) is 13.9. The third-order valence-corrected chi connectivity index (χ3v) is 4.25. The van der Waals surface area contributed by atoms with E-state index in [-0.39, 0.29) is 12.9 Å². The van der Waals surface area contributed by atoms with E-state index in [1.165, 1.54) is 0 Å². The molecule has 0 atom stereocenters. The first-order chi connectivity index (χ1) is 10.8. The maximum Gasteiger partial charge on any atom is 0.410 e. The van der Waals surface area contributed by atoms with Crippen molar-refractivity contribution in [3.8, 4) is 11.5 Å². The van der Waals surface area contributed by atoms with Crippen LogP contribution in [-0.4, -0.2) is 36.5 Å². The average molecular weight is 320 g/mol. The fourth-order valence-corrected chi connectivity index (χ4v) is 2.91. The molecule has 2 aliphatic heterocycles. The van der Waals surface area contributed by atoms with Crippen LogP contribution in [0.1, 0.15) is 39.2 Å². The molecule has 2 heterocycles. The molecule has 0 saturated carbocycles. The Bertz CT molecular complexity index is 601. The van der Waals surface area contributed by atoms with Gasteiger partial charge in [-0.3, -0.25) is 0 Å². The van der Waals surface area contributed by atoms with Crippen LogP contribution in [0.2, 0.25) is 0 Å². The lowest BCUT2D eigenvalue weighted by atomic mass is 9.82. The number of ether oxygens (including phenoxy) is 3. The second kappa shape index (κ2) is 5.60. The standard InChI is InChI=1S/C17H24N2O4/c1-16(2,3)23-15(20)19-8-6-17(18,7-9-19)12-4-5-13-14(10-12)22-11-21-13/h4-5,10H,6-9,11,18H2,1-3H3. The number of carbonyl (C=O) groups is 1. The molecular weight excluding hydrogens is 296 g/mol. The molecule has 6 heteroatoms. The molecule has 1 aromatic rings. The Hall–Kier alpha value is -1.95. The summed E-state index contributed by atoms with van der Waals surface area (Å²) < 4.78 is 16.2. The zero-order valence-electron chi connectivity index (χ0n) is 13.9. The van der Waals surface area contributed by atoms with Gasteiger partial charge in [0.25, 0.3) is 0 Å². The molecule has 0 radical (unpaired) electrons. The Morgan fingerprint density at radius 1 is 1.22 bits per heavy atom. The van der Waals surface area contributed by atoms with Crippen molar-refractivity contribution >= 4 is 6.09 Å². The van der Waals surface area contributed by atoms with Crippen molar-refractivity contribution in [3.63, 3.8) is 0 Å². The quantitative estimate of drug-likeness (QED) is 0.861. The van der Waals surface area contributed by atoms with Crippen molar-refractivity contribution in [1.82, 2.24) is 4.90 Å². The summed E-state index contributed by atoms with van der Waals surface area (Å²) >= 11 is 0. The highest BCUT2D eigenvalue weighted by atomic mass is 16.7. The van der Waals surface area contributed by atoms with Crippen LogP contribution in [0, 0.1) is 0 Å². The van der Waals surface area contributed by atoms with Gasteiger partial charge in [0, 0.05) is 18.6 Å². The Morgan fingerprint density at radius 2 is 1.87 bits per heavy atom. The molecule has 2 N–H and O–H groups in total. The minimum absolute atomic E-state index is 0.253. The number of fused-ring (bicyclic) bond motifs is 1. The van der Waals surface area contributed by atoms with Gasteiger partial charge >= 0.3 is 6.09 Å². The van der Waals surface area contributed by atoms with Crippen molar-refractivity contribution in [3.05, 3.63) is 23.8 Å². The first kappa shape index (κ1) is 15.9. The predicted octanol–water partition coefficient (Wildman–Crippen LogP) is 2.60. The van der Waals surface area contributed by atoms with E-state index in [0.717, 1.165) is 17.1 Å². The van der Waals surface area contributed by atoms with Gasteiger partial charge in [-0.1, -0.05) is 6.07 Å². The summed E-state index contributed by atoms with van der Waals surface area (Å²) in [7, 11) is 0. The summed E-state index contributed by atoms with van der Waals surface area (Å²) in [6.45, 7) is 7.03. The minimum atomic E-state index is -0.480. The molecule has 0 aliphatic carbocycles. The van der Waals surface area contributed by atoms with E-state index in [2.05, 4.69) is 0 Å². The van der Waals surface area contributed by atoms with E-state index in [4.69, 9.17) is 19.9 Å². The van der Waals surface area contributed by atoms with Crippen molar-refractivity contribution in [2.45, 2.75) is 44.8 Å². The Kier molecular flexibility index (Phi) is 3.88. The van der Waals surface area contributed by atoms with E-state index in [9.17, 15) is 4.79 Å².